The quantitative estimate of drug-likeness (QED) is 0.536. The molecule has 2 heterocycles. The van der Waals surface area contributed by atoms with Crippen molar-refractivity contribution in [3.05, 3.63) is 94.5 Å². The molecule has 0 saturated carbocycles. The lowest BCUT2D eigenvalue weighted by molar-refractivity contribution is 0.103. The minimum atomic E-state index is 0.205. The SMILES string of the molecule is O=C1/C(=C/C2CCN(Cc3ccccc3)CC2)Cc2cc(Nc3ncnc4c3CCC4)ccc21. The monoisotopic (exact) mass is 450 g/mol. The van der Waals surface area contributed by atoms with Crippen LogP contribution in [0.2, 0.25) is 0 Å². The molecule has 0 atom stereocenters. The highest BCUT2D eigenvalue weighted by atomic mass is 16.1. The van der Waals surface area contributed by atoms with Crippen molar-refractivity contribution in [2.75, 3.05) is 18.4 Å². The van der Waals surface area contributed by atoms with Crippen LogP contribution in [0.4, 0.5) is 11.5 Å². The first kappa shape index (κ1) is 21.2. The number of Topliss-reactive ketones (excluding diaryl/α,β-unsaturated/α-hetero) is 1. The molecule has 5 heteroatoms. The molecule has 2 aliphatic carbocycles. The summed E-state index contributed by atoms with van der Waals surface area (Å²) in [5, 5.41) is 3.48. The molecular formula is C29H30N4O. The molecule has 172 valence electrons. The number of aromatic nitrogens is 2. The largest absolute Gasteiger partial charge is 0.340 e. The number of benzene rings is 2. The van der Waals surface area contributed by atoms with Gasteiger partial charge in [-0.25, -0.2) is 9.97 Å². The van der Waals surface area contributed by atoms with Gasteiger partial charge in [-0.15, -0.1) is 0 Å². The Kier molecular flexibility index (Phi) is 5.71. The van der Waals surface area contributed by atoms with Crippen molar-refractivity contribution in [3.63, 3.8) is 0 Å². The lowest BCUT2D eigenvalue weighted by Gasteiger charge is -2.30. The van der Waals surface area contributed by atoms with Crippen molar-refractivity contribution < 1.29 is 4.79 Å². The van der Waals surface area contributed by atoms with Gasteiger partial charge in [0.05, 0.1) is 0 Å². The Bertz CT molecular complexity index is 1240. The summed E-state index contributed by atoms with van der Waals surface area (Å²) in [6, 6.07) is 16.8. The normalized spacial score (nSPS) is 19.4. The fraction of sp³-hybridized carbons (Fsp3) is 0.345. The maximum absolute atomic E-state index is 13.1. The lowest BCUT2D eigenvalue weighted by Crippen LogP contribution is -2.32. The van der Waals surface area contributed by atoms with Crippen LogP contribution >= 0.6 is 0 Å². The first-order valence-electron chi connectivity index (χ1n) is 12.5. The van der Waals surface area contributed by atoms with E-state index in [9.17, 15) is 4.79 Å². The van der Waals surface area contributed by atoms with E-state index in [0.717, 1.165) is 92.1 Å². The van der Waals surface area contributed by atoms with E-state index in [1.165, 1.54) is 11.1 Å². The number of ketones is 1. The fourth-order valence-electron chi connectivity index (χ4n) is 5.64. The van der Waals surface area contributed by atoms with E-state index in [4.69, 9.17) is 0 Å². The Labute approximate surface area is 200 Å². The third-order valence-electron chi connectivity index (χ3n) is 7.48. The van der Waals surface area contributed by atoms with Crippen LogP contribution in [-0.2, 0) is 25.8 Å². The number of nitrogens with zero attached hydrogens (tertiary/aromatic N) is 3. The van der Waals surface area contributed by atoms with Gasteiger partial charge in [-0.05, 0) is 80.4 Å². The van der Waals surface area contributed by atoms with E-state index < -0.39 is 0 Å². The van der Waals surface area contributed by atoms with E-state index in [1.807, 2.05) is 12.1 Å². The highest BCUT2D eigenvalue weighted by Gasteiger charge is 2.27. The molecule has 0 unspecified atom stereocenters. The number of likely N-dealkylation sites (tertiary alicyclic amines) is 1. The van der Waals surface area contributed by atoms with Crippen molar-refractivity contribution >= 4 is 17.3 Å². The van der Waals surface area contributed by atoms with E-state index in [2.05, 4.69) is 62.7 Å². The van der Waals surface area contributed by atoms with Gasteiger partial charge in [0.15, 0.2) is 5.78 Å². The van der Waals surface area contributed by atoms with Gasteiger partial charge in [0.2, 0.25) is 0 Å². The zero-order valence-corrected chi connectivity index (χ0v) is 19.5. The van der Waals surface area contributed by atoms with Crippen LogP contribution in [0.25, 0.3) is 0 Å². The molecule has 1 N–H and O–H groups in total. The van der Waals surface area contributed by atoms with Gasteiger partial charge in [-0.3, -0.25) is 9.69 Å². The summed E-state index contributed by atoms with van der Waals surface area (Å²) in [6.45, 7) is 3.18. The van der Waals surface area contributed by atoms with Gasteiger partial charge in [-0.1, -0.05) is 36.4 Å². The molecule has 5 nitrogen and oxygen atoms in total. The van der Waals surface area contributed by atoms with Crippen LogP contribution in [0.3, 0.4) is 0 Å². The zero-order chi connectivity index (χ0) is 22.9. The number of carbonyl (C=O) groups excluding carboxylic acids is 1. The van der Waals surface area contributed by atoms with Gasteiger partial charge in [-0.2, -0.15) is 0 Å². The zero-order valence-electron chi connectivity index (χ0n) is 19.5. The maximum Gasteiger partial charge on any atom is 0.189 e. The number of allylic oxidation sites excluding steroid dienone is 2. The minimum Gasteiger partial charge on any atom is -0.340 e. The van der Waals surface area contributed by atoms with Gasteiger partial charge in [0, 0.05) is 41.0 Å². The highest BCUT2D eigenvalue weighted by Crippen LogP contribution is 2.33. The molecule has 34 heavy (non-hydrogen) atoms. The lowest BCUT2D eigenvalue weighted by atomic mass is 9.93. The Hall–Kier alpha value is -3.31. The summed E-state index contributed by atoms with van der Waals surface area (Å²) in [5.41, 5.74) is 7.70. The molecule has 3 aliphatic rings. The van der Waals surface area contributed by atoms with Gasteiger partial charge in [0.1, 0.15) is 12.1 Å². The van der Waals surface area contributed by atoms with Crippen molar-refractivity contribution in [1.82, 2.24) is 14.9 Å². The number of anilines is 2. The summed E-state index contributed by atoms with van der Waals surface area (Å²) in [5.74, 6) is 1.60. The number of nitrogens with one attached hydrogen (secondary N) is 1. The number of aryl methyl sites for hydroxylation is 1. The summed E-state index contributed by atoms with van der Waals surface area (Å²) in [7, 11) is 0. The van der Waals surface area contributed by atoms with Crippen molar-refractivity contribution in [2.45, 2.75) is 45.1 Å². The summed E-state index contributed by atoms with van der Waals surface area (Å²) >= 11 is 0. The van der Waals surface area contributed by atoms with Crippen molar-refractivity contribution in [1.29, 1.82) is 0 Å². The minimum absolute atomic E-state index is 0.205. The maximum atomic E-state index is 13.1. The van der Waals surface area contributed by atoms with Crippen LogP contribution in [0.15, 0.2) is 66.5 Å². The third-order valence-corrected chi connectivity index (χ3v) is 7.48. The van der Waals surface area contributed by atoms with Crippen molar-refractivity contribution in [2.24, 2.45) is 5.92 Å². The Morgan fingerprint density at radius 3 is 2.74 bits per heavy atom. The third kappa shape index (κ3) is 4.28. The summed E-state index contributed by atoms with van der Waals surface area (Å²) in [4.78, 5) is 24.5. The first-order chi connectivity index (χ1) is 16.7. The fourth-order valence-corrected chi connectivity index (χ4v) is 5.64. The van der Waals surface area contributed by atoms with Gasteiger partial charge >= 0.3 is 0 Å². The number of carbonyl (C=O) groups is 1. The second-order valence-electron chi connectivity index (χ2n) is 9.79. The van der Waals surface area contributed by atoms with E-state index in [-0.39, 0.29) is 5.78 Å². The van der Waals surface area contributed by atoms with Crippen LogP contribution in [-0.4, -0.2) is 33.7 Å². The van der Waals surface area contributed by atoms with Crippen molar-refractivity contribution in [3.8, 4) is 0 Å². The van der Waals surface area contributed by atoms with Crippen LogP contribution in [0, 0.1) is 5.92 Å². The molecule has 1 fully saturated rings. The molecule has 1 aliphatic heterocycles. The molecular weight excluding hydrogens is 420 g/mol. The second kappa shape index (κ2) is 9.15. The average Bonchev–Trinajstić information content (AvgIpc) is 3.46. The standard InChI is InChI=1S/C29H30N4O/c34-28-23(15-20-11-13-33(14-12-20)18-21-5-2-1-3-6-21)16-22-17-24(9-10-25(22)28)32-29-26-7-4-8-27(26)30-19-31-29/h1-3,5-6,9-10,15,17,19-20H,4,7-8,11-14,16,18H2,(H,30,31,32)/b23-15+. The topological polar surface area (TPSA) is 58.1 Å². The van der Waals surface area contributed by atoms with E-state index in [1.54, 1.807) is 6.33 Å². The number of piperidine rings is 1. The molecule has 6 rings (SSSR count). The Balaban J connectivity index is 1.11. The average molecular weight is 451 g/mol. The molecule has 0 bridgehead atoms. The van der Waals surface area contributed by atoms with Crippen LogP contribution < -0.4 is 5.32 Å². The van der Waals surface area contributed by atoms with Gasteiger partial charge in [0.25, 0.3) is 0 Å². The molecule has 0 amide bonds. The van der Waals surface area contributed by atoms with Gasteiger partial charge < -0.3 is 5.32 Å². The van der Waals surface area contributed by atoms with Crippen LogP contribution in [0.1, 0.15) is 52.0 Å². The Morgan fingerprint density at radius 1 is 1.03 bits per heavy atom. The number of rotatable bonds is 5. The highest BCUT2D eigenvalue weighted by molar-refractivity contribution is 6.13. The molecule has 1 aromatic heterocycles. The molecule has 3 aromatic rings. The van der Waals surface area contributed by atoms with E-state index >= 15 is 0 Å². The smallest absolute Gasteiger partial charge is 0.189 e. The summed E-state index contributed by atoms with van der Waals surface area (Å²) in [6.07, 6.45) is 10.1. The number of fused-ring (bicyclic) bond motifs is 2. The summed E-state index contributed by atoms with van der Waals surface area (Å²) < 4.78 is 0. The number of hydrogen-bond donors (Lipinski definition) is 1. The van der Waals surface area contributed by atoms with E-state index in [0.29, 0.717) is 5.92 Å². The Morgan fingerprint density at radius 2 is 1.88 bits per heavy atom. The van der Waals surface area contributed by atoms with Crippen LogP contribution in [0.5, 0.6) is 0 Å². The molecule has 0 spiro atoms. The second-order valence-corrected chi connectivity index (χ2v) is 9.79. The molecule has 0 radical (unpaired) electrons. The predicted octanol–water partition coefficient (Wildman–Crippen LogP) is 5.29. The molecule has 2 aromatic carbocycles. The number of hydrogen-bond acceptors (Lipinski definition) is 5. The first-order valence-corrected chi connectivity index (χ1v) is 12.5. The molecule has 1 saturated heterocycles. The predicted molar refractivity (Wildman–Crippen MR) is 134 cm³/mol.